The second-order valence-electron chi connectivity index (χ2n) is 11.2. The highest BCUT2D eigenvalue weighted by atomic mass is 35.5. The molecule has 2 aliphatic rings. The lowest BCUT2D eigenvalue weighted by atomic mass is 9.84. The fraction of sp³-hybridized carbons (Fsp3) is 0.536. The van der Waals surface area contributed by atoms with E-state index in [9.17, 15) is 13.2 Å². The van der Waals surface area contributed by atoms with Crippen molar-refractivity contribution in [3.8, 4) is 5.75 Å². The first-order chi connectivity index (χ1) is 17.4. The highest BCUT2D eigenvalue weighted by Gasteiger charge is 2.33. The largest absolute Gasteiger partial charge is 0.490 e. The van der Waals surface area contributed by atoms with Crippen LogP contribution >= 0.6 is 23.2 Å². The molecule has 37 heavy (non-hydrogen) atoms. The average molecular weight is 568 g/mol. The molecule has 4 rings (SSSR count). The monoisotopic (exact) mass is 566 g/mol. The van der Waals surface area contributed by atoms with Crippen LogP contribution in [0, 0.1) is 5.92 Å². The number of hydrogen-bond acceptors (Lipinski definition) is 5. The molecule has 1 aliphatic heterocycles. The molecule has 1 heterocycles. The molecule has 9 heteroatoms. The van der Waals surface area contributed by atoms with Gasteiger partial charge in [-0.25, -0.2) is 13.1 Å². The number of piperidine rings is 1. The van der Waals surface area contributed by atoms with Crippen LogP contribution in [0.1, 0.15) is 64.9 Å². The molecule has 0 unspecified atom stereocenters. The summed E-state index contributed by atoms with van der Waals surface area (Å²) in [6, 6.07) is 12.5. The van der Waals surface area contributed by atoms with Gasteiger partial charge in [-0.3, -0.25) is 4.79 Å². The van der Waals surface area contributed by atoms with Gasteiger partial charge < -0.3 is 9.64 Å². The molecule has 2 fully saturated rings. The second kappa shape index (κ2) is 11.5. The number of nitrogens with zero attached hydrogens (tertiary/aromatic N) is 1. The fourth-order valence-electron chi connectivity index (χ4n) is 5.21. The Morgan fingerprint density at radius 1 is 0.919 bits per heavy atom. The molecule has 1 aliphatic carbocycles. The molecule has 0 radical (unpaired) electrons. The van der Waals surface area contributed by atoms with E-state index in [1.165, 1.54) is 0 Å². The first kappa shape index (κ1) is 28.2. The maximum atomic E-state index is 12.8. The average Bonchev–Trinajstić information content (AvgIpc) is 2.86. The van der Waals surface area contributed by atoms with Crippen molar-refractivity contribution >= 4 is 39.1 Å². The summed E-state index contributed by atoms with van der Waals surface area (Å²) in [5.74, 6) is 0.0574. The number of sulfonamides is 1. The van der Waals surface area contributed by atoms with E-state index < -0.39 is 15.9 Å². The summed E-state index contributed by atoms with van der Waals surface area (Å²) in [6.45, 7) is 8.09. The number of carbonyl (C=O) groups is 1. The van der Waals surface area contributed by atoms with Gasteiger partial charge in [0, 0.05) is 31.1 Å². The third-order valence-electron chi connectivity index (χ3n) is 7.52. The van der Waals surface area contributed by atoms with Gasteiger partial charge in [0.05, 0.1) is 14.9 Å². The normalized spacial score (nSPS) is 22.0. The van der Waals surface area contributed by atoms with E-state index in [-0.39, 0.29) is 22.3 Å². The summed E-state index contributed by atoms with van der Waals surface area (Å²) in [4.78, 5) is 15.4. The van der Waals surface area contributed by atoms with Crippen molar-refractivity contribution in [3.05, 3.63) is 58.1 Å². The van der Waals surface area contributed by atoms with Crippen molar-refractivity contribution in [3.63, 3.8) is 0 Å². The minimum Gasteiger partial charge on any atom is -0.490 e. The van der Waals surface area contributed by atoms with Crippen molar-refractivity contribution in [1.82, 2.24) is 9.62 Å². The van der Waals surface area contributed by atoms with Crippen LogP contribution in [0.4, 0.5) is 0 Å². The first-order valence-corrected chi connectivity index (χ1v) is 15.2. The van der Waals surface area contributed by atoms with Crippen LogP contribution in [-0.4, -0.2) is 44.5 Å². The predicted octanol–water partition coefficient (Wildman–Crippen LogP) is 6.20. The Morgan fingerprint density at radius 3 is 2.11 bits per heavy atom. The van der Waals surface area contributed by atoms with Gasteiger partial charge in [0.2, 0.25) is 5.91 Å². The molecule has 202 valence electrons. The SMILES string of the molecule is CC(C)(C)c1ccc(S(=O)(=O)NC(=O)C2CCC(N3CCC(Oc4ccc(Cl)c(Cl)c4)CC3)CC2)cc1. The number of benzene rings is 2. The van der Waals surface area contributed by atoms with E-state index in [1.807, 2.05) is 18.2 Å². The Labute approximate surface area is 230 Å². The maximum absolute atomic E-state index is 12.8. The highest BCUT2D eigenvalue weighted by Crippen LogP contribution is 2.32. The molecular formula is C28H36Cl2N2O4S. The van der Waals surface area contributed by atoms with E-state index in [1.54, 1.807) is 24.3 Å². The van der Waals surface area contributed by atoms with Gasteiger partial charge in [0.25, 0.3) is 10.0 Å². The highest BCUT2D eigenvalue weighted by molar-refractivity contribution is 7.90. The molecule has 0 spiro atoms. The van der Waals surface area contributed by atoms with Gasteiger partial charge in [-0.15, -0.1) is 0 Å². The molecule has 1 saturated heterocycles. The topological polar surface area (TPSA) is 75.7 Å². The molecule has 6 nitrogen and oxygen atoms in total. The zero-order valence-electron chi connectivity index (χ0n) is 21.7. The Morgan fingerprint density at radius 2 is 1.54 bits per heavy atom. The molecule has 2 aromatic rings. The van der Waals surface area contributed by atoms with E-state index in [0.29, 0.717) is 28.9 Å². The Bertz CT molecular complexity index is 1200. The molecular weight excluding hydrogens is 531 g/mol. The maximum Gasteiger partial charge on any atom is 0.264 e. The number of likely N-dealkylation sites (tertiary alicyclic amines) is 1. The summed E-state index contributed by atoms with van der Waals surface area (Å²) in [6.07, 6.45) is 5.13. The minimum absolute atomic E-state index is 0.0720. The molecule has 0 aromatic heterocycles. The van der Waals surface area contributed by atoms with Crippen molar-refractivity contribution in [2.45, 2.75) is 81.8 Å². The lowest BCUT2D eigenvalue weighted by Crippen LogP contribution is -2.46. The number of carbonyl (C=O) groups excluding carboxylic acids is 1. The van der Waals surface area contributed by atoms with Crippen LogP contribution in [0.2, 0.25) is 10.0 Å². The number of nitrogens with one attached hydrogen (secondary N) is 1. The number of amides is 1. The van der Waals surface area contributed by atoms with Gasteiger partial charge in [0.1, 0.15) is 11.9 Å². The van der Waals surface area contributed by atoms with Gasteiger partial charge in [-0.1, -0.05) is 56.1 Å². The Kier molecular flexibility index (Phi) is 8.79. The van der Waals surface area contributed by atoms with Crippen LogP contribution in [0.15, 0.2) is 47.4 Å². The third kappa shape index (κ3) is 7.20. The lowest BCUT2D eigenvalue weighted by molar-refractivity contribution is -0.124. The van der Waals surface area contributed by atoms with Gasteiger partial charge in [-0.2, -0.15) is 0 Å². The Balaban J connectivity index is 1.23. The lowest BCUT2D eigenvalue weighted by Gasteiger charge is -2.40. The fourth-order valence-corrected chi connectivity index (χ4v) is 6.55. The van der Waals surface area contributed by atoms with Crippen LogP contribution in [0.25, 0.3) is 0 Å². The van der Waals surface area contributed by atoms with Crippen LogP contribution < -0.4 is 9.46 Å². The molecule has 1 saturated carbocycles. The quantitative estimate of drug-likeness (QED) is 0.450. The number of halogens is 2. The van der Waals surface area contributed by atoms with Crippen molar-refractivity contribution in [1.29, 1.82) is 0 Å². The van der Waals surface area contributed by atoms with E-state index >= 15 is 0 Å². The standard InChI is InChI=1S/C28H36Cl2N2O4S/c1-28(2,3)20-6-11-24(12-7-20)37(34,35)31-27(33)19-4-8-21(9-5-19)32-16-14-22(15-17-32)36-23-10-13-25(29)26(30)18-23/h6-7,10-13,18-19,21-22H,4-5,8-9,14-17H2,1-3H3,(H,31,33). The van der Waals surface area contributed by atoms with Crippen LogP contribution in [0.3, 0.4) is 0 Å². The molecule has 0 bridgehead atoms. The molecule has 2 aromatic carbocycles. The third-order valence-corrected chi connectivity index (χ3v) is 9.62. The van der Waals surface area contributed by atoms with E-state index in [2.05, 4.69) is 30.4 Å². The molecule has 0 atom stereocenters. The Hall–Kier alpha value is -1.80. The zero-order valence-corrected chi connectivity index (χ0v) is 24.0. The van der Waals surface area contributed by atoms with E-state index in [4.69, 9.17) is 27.9 Å². The number of rotatable bonds is 6. The summed E-state index contributed by atoms with van der Waals surface area (Å²) in [5, 5.41) is 1.00. The molecule has 1 N–H and O–H groups in total. The van der Waals surface area contributed by atoms with Gasteiger partial charge in [0.15, 0.2) is 0 Å². The van der Waals surface area contributed by atoms with Gasteiger partial charge >= 0.3 is 0 Å². The summed E-state index contributed by atoms with van der Waals surface area (Å²) in [5.41, 5.74) is 0.971. The number of hydrogen-bond donors (Lipinski definition) is 1. The minimum atomic E-state index is -3.88. The smallest absolute Gasteiger partial charge is 0.264 e. The number of ether oxygens (including phenoxy) is 1. The van der Waals surface area contributed by atoms with Crippen LogP contribution in [0.5, 0.6) is 5.75 Å². The van der Waals surface area contributed by atoms with E-state index in [0.717, 1.165) is 50.1 Å². The first-order valence-electron chi connectivity index (χ1n) is 13.0. The van der Waals surface area contributed by atoms with Crippen molar-refractivity contribution in [2.75, 3.05) is 13.1 Å². The van der Waals surface area contributed by atoms with Gasteiger partial charge in [-0.05, 0) is 73.8 Å². The van der Waals surface area contributed by atoms with Crippen LogP contribution in [-0.2, 0) is 20.2 Å². The summed E-state index contributed by atoms with van der Waals surface area (Å²) < 4.78 is 34.0. The molecule has 1 amide bonds. The summed E-state index contributed by atoms with van der Waals surface area (Å²) in [7, 11) is -3.88. The van der Waals surface area contributed by atoms with Crippen molar-refractivity contribution < 1.29 is 17.9 Å². The van der Waals surface area contributed by atoms with Crippen molar-refractivity contribution in [2.24, 2.45) is 5.92 Å². The predicted molar refractivity (Wildman–Crippen MR) is 148 cm³/mol. The zero-order chi connectivity index (χ0) is 26.8. The summed E-state index contributed by atoms with van der Waals surface area (Å²) >= 11 is 12.1. The second-order valence-corrected chi connectivity index (χ2v) is 13.7.